The Morgan fingerprint density at radius 2 is 1.84 bits per heavy atom. The standard InChI is InChI=1S/C19H27N5O/c1-19(2,3)15-11-9-14(10-12-15)18(25)20-13-17-21-22-23-24(17)16-7-5-4-6-8-16/h9-12,16H,4-8,13H2,1-3H3,(H,20,25). The van der Waals surface area contributed by atoms with Crippen molar-refractivity contribution < 1.29 is 4.79 Å². The van der Waals surface area contributed by atoms with Crippen LogP contribution in [0.4, 0.5) is 0 Å². The first-order valence-corrected chi connectivity index (χ1v) is 9.10. The molecular weight excluding hydrogens is 314 g/mol. The summed E-state index contributed by atoms with van der Waals surface area (Å²) in [6.45, 7) is 6.83. The molecule has 6 nitrogen and oxygen atoms in total. The van der Waals surface area contributed by atoms with E-state index in [1.54, 1.807) is 0 Å². The van der Waals surface area contributed by atoms with Crippen molar-refractivity contribution in [2.24, 2.45) is 0 Å². The maximum atomic E-state index is 12.4. The third-order valence-corrected chi connectivity index (χ3v) is 4.90. The summed E-state index contributed by atoms with van der Waals surface area (Å²) < 4.78 is 1.89. The van der Waals surface area contributed by atoms with Crippen LogP contribution in [-0.2, 0) is 12.0 Å². The lowest BCUT2D eigenvalue weighted by atomic mass is 9.87. The molecule has 0 aliphatic heterocycles. The molecule has 1 aromatic carbocycles. The Morgan fingerprint density at radius 1 is 1.16 bits per heavy atom. The molecule has 0 spiro atoms. The van der Waals surface area contributed by atoms with E-state index >= 15 is 0 Å². The summed E-state index contributed by atoms with van der Waals surface area (Å²) in [5.74, 6) is 0.630. The highest BCUT2D eigenvalue weighted by Gasteiger charge is 2.20. The van der Waals surface area contributed by atoms with E-state index in [1.165, 1.54) is 24.8 Å². The second kappa shape index (κ2) is 7.33. The molecule has 1 fully saturated rings. The van der Waals surface area contributed by atoms with Crippen molar-refractivity contribution in [3.8, 4) is 0 Å². The van der Waals surface area contributed by atoms with Gasteiger partial charge in [0, 0.05) is 5.56 Å². The Bertz CT molecular complexity index is 708. The molecule has 2 aromatic rings. The van der Waals surface area contributed by atoms with Crippen LogP contribution in [-0.4, -0.2) is 26.1 Å². The largest absolute Gasteiger partial charge is 0.345 e. The SMILES string of the molecule is CC(C)(C)c1ccc(C(=O)NCc2nnnn2C2CCCCC2)cc1. The second-order valence-corrected chi connectivity index (χ2v) is 7.84. The van der Waals surface area contributed by atoms with E-state index in [0.717, 1.165) is 18.7 Å². The number of hydrogen-bond acceptors (Lipinski definition) is 4. The summed E-state index contributed by atoms with van der Waals surface area (Å²) in [5, 5.41) is 15.0. The lowest BCUT2D eigenvalue weighted by Gasteiger charge is -2.22. The van der Waals surface area contributed by atoms with Gasteiger partial charge in [-0.25, -0.2) is 4.68 Å². The number of carbonyl (C=O) groups is 1. The first-order valence-electron chi connectivity index (χ1n) is 9.10. The van der Waals surface area contributed by atoms with E-state index in [4.69, 9.17) is 0 Å². The number of nitrogens with zero attached hydrogens (tertiary/aromatic N) is 4. The third-order valence-electron chi connectivity index (χ3n) is 4.90. The highest BCUT2D eigenvalue weighted by atomic mass is 16.1. The topological polar surface area (TPSA) is 72.7 Å². The molecule has 1 saturated carbocycles. The predicted octanol–water partition coefficient (Wildman–Crippen LogP) is 3.41. The Morgan fingerprint density at radius 3 is 2.48 bits per heavy atom. The predicted molar refractivity (Wildman–Crippen MR) is 96.3 cm³/mol. The van der Waals surface area contributed by atoms with E-state index in [0.29, 0.717) is 18.2 Å². The van der Waals surface area contributed by atoms with Crippen molar-refractivity contribution in [3.05, 3.63) is 41.2 Å². The molecule has 1 N–H and O–H groups in total. The first kappa shape index (κ1) is 17.6. The lowest BCUT2D eigenvalue weighted by Crippen LogP contribution is -2.26. The quantitative estimate of drug-likeness (QED) is 0.925. The molecule has 3 rings (SSSR count). The van der Waals surface area contributed by atoms with Crippen molar-refractivity contribution in [1.29, 1.82) is 0 Å². The molecule has 0 bridgehead atoms. The molecule has 6 heteroatoms. The van der Waals surface area contributed by atoms with Gasteiger partial charge in [-0.3, -0.25) is 4.79 Å². The summed E-state index contributed by atoms with van der Waals surface area (Å²) in [4.78, 5) is 12.4. The molecule has 0 atom stereocenters. The van der Waals surface area contributed by atoms with E-state index in [9.17, 15) is 4.79 Å². The Labute approximate surface area is 149 Å². The van der Waals surface area contributed by atoms with Gasteiger partial charge < -0.3 is 5.32 Å². The van der Waals surface area contributed by atoms with Crippen LogP contribution in [0.15, 0.2) is 24.3 Å². The van der Waals surface area contributed by atoms with Gasteiger partial charge in [0.1, 0.15) is 0 Å². The minimum Gasteiger partial charge on any atom is -0.345 e. The van der Waals surface area contributed by atoms with Crippen molar-refractivity contribution in [2.75, 3.05) is 0 Å². The molecule has 1 amide bonds. The smallest absolute Gasteiger partial charge is 0.251 e. The average molecular weight is 341 g/mol. The second-order valence-electron chi connectivity index (χ2n) is 7.84. The minimum absolute atomic E-state index is 0.0804. The van der Waals surface area contributed by atoms with Gasteiger partial charge >= 0.3 is 0 Å². The number of carbonyl (C=O) groups excluding carboxylic acids is 1. The third kappa shape index (κ3) is 4.24. The highest BCUT2D eigenvalue weighted by molar-refractivity contribution is 5.94. The van der Waals surface area contributed by atoms with E-state index < -0.39 is 0 Å². The van der Waals surface area contributed by atoms with E-state index in [1.807, 2.05) is 28.9 Å². The van der Waals surface area contributed by atoms with Crippen LogP contribution in [0.3, 0.4) is 0 Å². The van der Waals surface area contributed by atoms with Gasteiger partial charge in [-0.15, -0.1) is 5.10 Å². The molecule has 1 aromatic heterocycles. The van der Waals surface area contributed by atoms with Crippen molar-refractivity contribution in [3.63, 3.8) is 0 Å². The van der Waals surface area contributed by atoms with Gasteiger partial charge in [0.15, 0.2) is 5.82 Å². The molecular formula is C19H27N5O. The van der Waals surface area contributed by atoms with Gasteiger partial charge in [-0.2, -0.15) is 0 Å². The van der Waals surface area contributed by atoms with Crippen molar-refractivity contribution in [1.82, 2.24) is 25.5 Å². The highest BCUT2D eigenvalue weighted by Crippen LogP contribution is 2.27. The Hall–Kier alpha value is -2.24. The fraction of sp³-hybridized carbons (Fsp3) is 0.579. The normalized spacial score (nSPS) is 16.0. The van der Waals surface area contributed by atoms with Crippen LogP contribution in [0.25, 0.3) is 0 Å². The van der Waals surface area contributed by atoms with Gasteiger partial charge in [0.05, 0.1) is 12.6 Å². The molecule has 0 unspecified atom stereocenters. The number of tetrazole rings is 1. The lowest BCUT2D eigenvalue weighted by molar-refractivity contribution is 0.0948. The zero-order chi connectivity index (χ0) is 17.9. The summed E-state index contributed by atoms with van der Waals surface area (Å²) >= 11 is 0. The maximum absolute atomic E-state index is 12.4. The maximum Gasteiger partial charge on any atom is 0.251 e. The van der Waals surface area contributed by atoms with Crippen LogP contribution in [0.5, 0.6) is 0 Å². The zero-order valence-corrected chi connectivity index (χ0v) is 15.3. The average Bonchev–Trinajstić information content (AvgIpc) is 3.08. The monoisotopic (exact) mass is 341 g/mol. The van der Waals surface area contributed by atoms with Crippen LogP contribution in [0.2, 0.25) is 0 Å². The molecule has 1 aliphatic rings. The van der Waals surface area contributed by atoms with Gasteiger partial charge in [-0.05, 0) is 46.4 Å². The molecule has 134 valence electrons. The van der Waals surface area contributed by atoms with Gasteiger partial charge in [-0.1, -0.05) is 52.2 Å². The van der Waals surface area contributed by atoms with E-state index in [-0.39, 0.29) is 11.3 Å². The summed E-state index contributed by atoms with van der Waals surface area (Å²) in [6.07, 6.45) is 5.95. The van der Waals surface area contributed by atoms with Gasteiger partial charge in [0.2, 0.25) is 0 Å². The Kier molecular flexibility index (Phi) is 5.16. The van der Waals surface area contributed by atoms with Crippen LogP contribution in [0.1, 0.15) is 80.7 Å². The summed E-state index contributed by atoms with van der Waals surface area (Å²) in [6, 6.07) is 8.14. The summed E-state index contributed by atoms with van der Waals surface area (Å²) in [7, 11) is 0. The van der Waals surface area contributed by atoms with Crippen LogP contribution in [0, 0.1) is 0 Å². The number of hydrogen-bond donors (Lipinski definition) is 1. The Balaban J connectivity index is 1.62. The molecule has 1 heterocycles. The number of amides is 1. The fourth-order valence-corrected chi connectivity index (χ4v) is 3.32. The van der Waals surface area contributed by atoms with Crippen LogP contribution >= 0.6 is 0 Å². The molecule has 1 aliphatic carbocycles. The fourth-order valence-electron chi connectivity index (χ4n) is 3.32. The number of rotatable bonds is 4. The minimum atomic E-state index is -0.0985. The zero-order valence-electron chi connectivity index (χ0n) is 15.3. The van der Waals surface area contributed by atoms with E-state index in [2.05, 4.69) is 41.6 Å². The number of benzene rings is 1. The van der Waals surface area contributed by atoms with Gasteiger partial charge in [0.25, 0.3) is 5.91 Å². The van der Waals surface area contributed by atoms with Crippen molar-refractivity contribution >= 4 is 5.91 Å². The summed E-state index contributed by atoms with van der Waals surface area (Å²) in [5.41, 5.74) is 1.95. The van der Waals surface area contributed by atoms with Crippen LogP contribution < -0.4 is 5.32 Å². The number of aromatic nitrogens is 4. The number of nitrogens with one attached hydrogen (secondary N) is 1. The molecule has 0 radical (unpaired) electrons. The van der Waals surface area contributed by atoms with Crippen molar-refractivity contribution in [2.45, 2.75) is 70.9 Å². The molecule has 0 saturated heterocycles. The molecule has 25 heavy (non-hydrogen) atoms. The first-order chi connectivity index (χ1) is 11.9.